The number of carbonyl (C=O) groups excluding carboxylic acids is 1. The maximum Gasteiger partial charge on any atom is 0.321 e. The van der Waals surface area contributed by atoms with Gasteiger partial charge in [0, 0.05) is 19.0 Å². The Hall–Kier alpha value is -2.00. The summed E-state index contributed by atoms with van der Waals surface area (Å²) in [6.45, 7) is 1.52. The van der Waals surface area contributed by atoms with Crippen molar-refractivity contribution in [2.24, 2.45) is 0 Å². The predicted octanol–water partition coefficient (Wildman–Crippen LogP) is 4.36. The summed E-state index contributed by atoms with van der Waals surface area (Å²) in [6.07, 6.45) is 1.000. The second kappa shape index (κ2) is 6.19. The van der Waals surface area contributed by atoms with Gasteiger partial charge in [-0.25, -0.2) is 4.79 Å². The molecule has 1 aliphatic rings. The molecule has 4 heteroatoms. The van der Waals surface area contributed by atoms with E-state index in [1.807, 2.05) is 41.3 Å². The molecule has 1 heterocycles. The highest BCUT2D eigenvalue weighted by Gasteiger charge is 2.27. The number of urea groups is 1. The van der Waals surface area contributed by atoms with Crippen LogP contribution in [0.2, 0.25) is 5.02 Å². The van der Waals surface area contributed by atoms with Crippen molar-refractivity contribution in [2.75, 3.05) is 18.4 Å². The number of carbonyl (C=O) groups is 1. The molecule has 0 bridgehead atoms. The second-order valence-corrected chi connectivity index (χ2v) is 5.66. The van der Waals surface area contributed by atoms with E-state index in [0.717, 1.165) is 19.5 Å². The lowest BCUT2D eigenvalue weighted by Gasteiger charge is -2.18. The van der Waals surface area contributed by atoms with E-state index in [1.54, 1.807) is 6.07 Å². The molecule has 1 fully saturated rings. The molecule has 0 aliphatic carbocycles. The SMILES string of the molecule is O=C(Nc1ccccc1Cl)N1CCC(c2ccccc2)C1. The van der Waals surface area contributed by atoms with Gasteiger partial charge in [0.25, 0.3) is 0 Å². The van der Waals surface area contributed by atoms with Gasteiger partial charge < -0.3 is 10.2 Å². The Morgan fingerprint density at radius 3 is 2.57 bits per heavy atom. The zero-order chi connectivity index (χ0) is 14.7. The van der Waals surface area contributed by atoms with Gasteiger partial charge in [0.1, 0.15) is 0 Å². The first-order chi connectivity index (χ1) is 10.2. The fraction of sp³-hybridized carbons (Fsp3) is 0.235. The topological polar surface area (TPSA) is 32.3 Å². The maximum absolute atomic E-state index is 12.3. The Bertz CT molecular complexity index is 630. The van der Waals surface area contributed by atoms with Crippen LogP contribution in [0.5, 0.6) is 0 Å². The van der Waals surface area contributed by atoms with Crippen LogP contribution in [0, 0.1) is 0 Å². The van der Waals surface area contributed by atoms with Crippen LogP contribution in [0.3, 0.4) is 0 Å². The molecule has 1 atom stereocenters. The number of hydrogen-bond acceptors (Lipinski definition) is 1. The van der Waals surface area contributed by atoms with Gasteiger partial charge >= 0.3 is 6.03 Å². The predicted molar refractivity (Wildman–Crippen MR) is 85.8 cm³/mol. The Labute approximate surface area is 129 Å². The highest BCUT2D eigenvalue weighted by Crippen LogP contribution is 2.28. The van der Waals surface area contributed by atoms with Gasteiger partial charge in [-0.3, -0.25) is 0 Å². The summed E-state index contributed by atoms with van der Waals surface area (Å²) in [5.74, 6) is 0.420. The molecule has 1 unspecified atom stereocenters. The van der Waals surface area contributed by atoms with Crippen LogP contribution in [-0.2, 0) is 0 Å². The zero-order valence-corrected chi connectivity index (χ0v) is 12.4. The third-order valence-corrected chi connectivity index (χ3v) is 4.19. The summed E-state index contributed by atoms with van der Waals surface area (Å²) in [5, 5.41) is 3.44. The van der Waals surface area contributed by atoms with Crippen molar-refractivity contribution in [1.82, 2.24) is 4.90 Å². The number of amides is 2. The molecule has 0 saturated carbocycles. The molecular weight excluding hydrogens is 284 g/mol. The van der Waals surface area contributed by atoms with Crippen molar-refractivity contribution in [3.8, 4) is 0 Å². The van der Waals surface area contributed by atoms with Gasteiger partial charge in [0.2, 0.25) is 0 Å². The minimum atomic E-state index is -0.0819. The number of benzene rings is 2. The number of likely N-dealkylation sites (tertiary alicyclic amines) is 1. The van der Waals surface area contributed by atoms with Gasteiger partial charge in [-0.1, -0.05) is 54.1 Å². The van der Waals surface area contributed by atoms with Gasteiger partial charge in [-0.2, -0.15) is 0 Å². The number of nitrogens with zero attached hydrogens (tertiary/aromatic N) is 1. The lowest BCUT2D eigenvalue weighted by molar-refractivity contribution is 0.222. The van der Waals surface area contributed by atoms with E-state index in [2.05, 4.69) is 17.4 Å². The highest BCUT2D eigenvalue weighted by atomic mass is 35.5. The average Bonchev–Trinajstić information content (AvgIpc) is 3.00. The fourth-order valence-electron chi connectivity index (χ4n) is 2.70. The van der Waals surface area contributed by atoms with Crippen LogP contribution < -0.4 is 5.32 Å². The smallest absolute Gasteiger partial charge is 0.321 e. The fourth-order valence-corrected chi connectivity index (χ4v) is 2.88. The van der Waals surface area contributed by atoms with Crippen LogP contribution in [-0.4, -0.2) is 24.0 Å². The first kappa shape index (κ1) is 14.0. The number of anilines is 1. The molecule has 2 aromatic carbocycles. The second-order valence-electron chi connectivity index (χ2n) is 5.25. The molecule has 2 amide bonds. The van der Waals surface area contributed by atoms with Crippen molar-refractivity contribution in [1.29, 1.82) is 0 Å². The van der Waals surface area contributed by atoms with E-state index in [4.69, 9.17) is 11.6 Å². The molecule has 0 aromatic heterocycles. The minimum Gasteiger partial charge on any atom is -0.324 e. The van der Waals surface area contributed by atoms with E-state index < -0.39 is 0 Å². The molecule has 3 rings (SSSR count). The molecule has 108 valence electrons. The standard InChI is InChI=1S/C17H17ClN2O/c18-15-8-4-5-9-16(15)19-17(21)20-11-10-14(12-20)13-6-2-1-3-7-13/h1-9,14H,10-12H2,(H,19,21). The first-order valence-electron chi connectivity index (χ1n) is 7.09. The molecule has 21 heavy (non-hydrogen) atoms. The van der Waals surface area contributed by atoms with E-state index in [-0.39, 0.29) is 6.03 Å². The van der Waals surface area contributed by atoms with Crippen molar-refractivity contribution >= 4 is 23.3 Å². The molecule has 2 aromatic rings. The molecule has 3 nitrogen and oxygen atoms in total. The monoisotopic (exact) mass is 300 g/mol. The maximum atomic E-state index is 12.3. The molecule has 0 spiro atoms. The quantitative estimate of drug-likeness (QED) is 0.878. The molecular formula is C17H17ClN2O. The summed E-state index contributed by atoms with van der Waals surface area (Å²) in [6, 6.07) is 17.6. The van der Waals surface area contributed by atoms with Crippen molar-refractivity contribution in [3.63, 3.8) is 0 Å². The minimum absolute atomic E-state index is 0.0819. The number of para-hydroxylation sites is 1. The highest BCUT2D eigenvalue weighted by molar-refractivity contribution is 6.33. The molecule has 1 aliphatic heterocycles. The number of nitrogens with one attached hydrogen (secondary N) is 1. The summed E-state index contributed by atoms with van der Waals surface area (Å²) in [4.78, 5) is 14.1. The number of halogens is 1. The summed E-state index contributed by atoms with van der Waals surface area (Å²) in [5.41, 5.74) is 1.96. The van der Waals surface area contributed by atoms with Crippen LogP contribution in [0.25, 0.3) is 0 Å². The molecule has 1 N–H and O–H groups in total. The average molecular weight is 301 g/mol. The summed E-state index contributed by atoms with van der Waals surface area (Å²) in [7, 11) is 0. The van der Waals surface area contributed by atoms with Gasteiger partial charge in [-0.15, -0.1) is 0 Å². The Balaban J connectivity index is 1.64. The van der Waals surface area contributed by atoms with Gasteiger partial charge in [0.15, 0.2) is 0 Å². The van der Waals surface area contributed by atoms with E-state index in [9.17, 15) is 4.79 Å². The molecule has 1 saturated heterocycles. The van der Waals surface area contributed by atoms with E-state index in [0.29, 0.717) is 16.6 Å². The van der Waals surface area contributed by atoms with Crippen LogP contribution >= 0.6 is 11.6 Å². The lowest BCUT2D eigenvalue weighted by Crippen LogP contribution is -2.32. The van der Waals surface area contributed by atoms with Gasteiger partial charge in [0.05, 0.1) is 10.7 Å². The largest absolute Gasteiger partial charge is 0.324 e. The van der Waals surface area contributed by atoms with Crippen molar-refractivity contribution in [2.45, 2.75) is 12.3 Å². The number of rotatable bonds is 2. The van der Waals surface area contributed by atoms with Crippen LogP contribution in [0.1, 0.15) is 17.9 Å². The van der Waals surface area contributed by atoms with Crippen LogP contribution in [0.15, 0.2) is 54.6 Å². The third-order valence-electron chi connectivity index (χ3n) is 3.86. The summed E-state index contributed by atoms with van der Waals surface area (Å²) >= 11 is 6.07. The number of hydrogen-bond donors (Lipinski definition) is 1. The third kappa shape index (κ3) is 3.19. The van der Waals surface area contributed by atoms with Crippen molar-refractivity contribution in [3.05, 3.63) is 65.2 Å². The molecule has 0 radical (unpaired) electrons. The Morgan fingerprint density at radius 2 is 1.81 bits per heavy atom. The van der Waals surface area contributed by atoms with Gasteiger partial charge in [-0.05, 0) is 24.1 Å². The Kier molecular flexibility index (Phi) is 4.11. The van der Waals surface area contributed by atoms with E-state index >= 15 is 0 Å². The normalized spacial score (nSPS) is 17.8. The summed E-state index contributed by atoms with van der Waals surface area (Å²) < 4.78 is 0. The Morgan fingerprint density at radius 1 is 1.10 bits per heavy atom. The first-order valence-corrected chi connectivity index (χ1v) is 7.47. The van der Waals surface area contributed by atoms with Crippen molar-refractivity contribution < 1.29 is 4.79 Å². The van der Waals surface area contributed by atoms with Crippen LogP contribution in [0.4, 0.5) is 10.5 Å². The lowest BCUT2D eigenvalue weighted by atomic mass is 9.99. The zero-order valence-electron chi connectivity index (χ0n) is 11.6. The van der Waals surface area contributed by atoms with E-state index in [1.165, 1.54) is 5.56 Å².